The lowest BCUT2D eigenvalue weighted by Gasteiger charge is -2.12. The fraction of sp³-hybridized carbons (Fsp3) is 0.400. The highest BCUT2D eigenvalue weighted by Crippen LogP contribution is 2.35. The fourth-order valence-electron chi connectivity index (χ4n) is 3.12. The van der Waals surface area contributed by atoms with Crippen LogP contribution in [0.4, 0.5) is 0 Å². The number of hydrogen-bond acceptors (Lipinski definition) is 10. The maximum atomic E-state index is 12.5. The summed E-state index contributed by atoms with van der Waals surface area (Å²) < 4.78 is 46.0. The number of carbonyl (C=O) groups excluding carboxylic acids is 1. The average molecular weight is 539 g/mol. The zero-order valence-corrected chi connectivity index (χ0v) is 22.3. The van der Waals surface area contributed by atoms with E-state index in [1.165, 1.54) is 27.4 Å². The van der Waals surface area contributed by atoms with Gasteiger partial charge in [0.05, 0.1) is 38.7 Å². The zero-order valence-electron chi connectivity index (χ0n) is 21.5. The van der Waals surface area contributed by atoms with Gasteiger partial charge in [-0.2, -0.15) is 0 Å². The van der Waals surface area contributed by atoms with E-state index in [0.717, 1.165) is 18.2 Å². The highest BCUT2D eigenvalue weighted by atomic mass is 32.2. The third-order valence-corrected chi connectivity index (χ3v) is 6.33. The molecule has 0 fully saturated rings. The Morgan fingerprint density at radius 1 is 0.973 bits per heavy atom. The molecule has 0 aliphatic heterocycles. The van der Waals surface area contributed by atoms with Crippen molar-refractivity contribution in [1.82, 2.24) is 0 Å². The van der Waals surface area contributed by atoms with Crippen LogP contribution in [0.5, 0.6) is 23.0 Å². The molecule has 1 atom stereocenters. The number of carbonyl (C=O) groups is 1. The summed E-state index contributed by atoms with van der Waals surface area (Å²) in [5.41, 5.74) is 21.9. The van der Waals surface area contributed by atoms with Crippen LogP contribution in [-0.2, 0) is 20.4 Å². The number of benzene rings is 2. The molecule has 0 heterocycles. The fourth-order valence-corrected chi connectivity index (χ4v) is 4.20. The summed E-state index contributed by atoms with van der Waals surface area (Å²) in [6.07, 6.45) is 3.88. The molecule has 0 aliphatic carbocycles. The Hall–Kier alpha value is -3.32. The molecule has 206 valence electrons. The number of amides is 1. The zero-order chi connectivity index (χ0) is 27.8. The normalized spacial score (nSPS) is 11.8. The van der Waals surface area contributed by atoms with Crippen LogP contribution in [0.2, 0.25) is 0 Å². The van der Waals surface area contributed by atoms with Gasteiger partial charge in [0.1, 0.15) is 29.7 Å². The molecule has 11 nitrogen and oxygen atoms in total. The quantitative estimate of drug-likeness (QED) is 0.202. The Balaban J connectivity index is 0.000000580. The van der Waals surface area contributed by atoms with Gasteiger partial charge in [-0.15, -0.1) is 0 Å². The van der Waals surface area contributed by atoms with Crippen molar-refractivity contribution in [2.45, 2.75) is 31.1 Å². The predicted molar refractivity (Wildman–Crippen MR) is 144 cm³/mol. The lowest BCUT2D eigenvalue weighted by atomic mass is 10.1. The first kappa shape index (κ1) is 31.7. The standard InChI is InChI=1S/C19H23NO6S.C6H15N3O/c1-23-16-10-18(24-2)17(19(11-16)25-3)7-8-27(21,22)12-14-5-4-6-15(9-14)26-13-20;7-4-2-1-3-5(8)6(9)10/h4-11H,12-13,20H2,1-3H3;5H,1-4,7-8H2,(H2,9,10)/b8-7+;/t;5-/m.0/s1. The minimum Gasteiger partial charge on any atom is -0.496 e. The highest BCUT2D eigenvalue weighted by molar-refractivity contribution is 7.93. The molecule has 2 aromatic rings. The van der Waals surface area contributed by atoms with E-state index in [-0.39, 0.29) is 12.5 Å². The van der Waals surface area contributed by atoms with Crippen LogP contribution in [-0.4, -0.2) is 55.0 Å². The molecule has 0 bridgehead atoms. The van der Waals surface area contributed by atoms with Crippen molar-refractivity contribution in [2.24, 2.45) is 22.9 Å². The van der Waals surface area contributed by atoms with Gasteiger partial charge in [0.25, 0.3) is 0 Å². The van der Waals surface area contributed by atoms with Crippen LogP contribution < -0.4 is 41.9 Å². The van der Waals surface area contributed by atoms with Gasteiger partial charge in [-0.25, -0.2) is 8.42 Å². The van der Waals surface area contributed by atoms with Crippen molar-refractivity contribution < 1.29 is 32.2 Å². The number of rotatable bonds is 14. The molecule has 1 amide bonds. The molecule has 0 aromatic heterocycles. The second kappa shape index (κ2) is 16.4. The van der Waals surface area contributed by atoms with Crippen LogP contribution in [0.25, 0.3) is 6.08 Å². The summed E-state index contributed by atoms with van der Waals surface area (Å²) in [4.78, 5) is 10.4. The molecule has 0 saturated heterocycles. The monoisotopic (exact) mass is 538 g/mol. The van der Waals surface area contributed by atoms with Crippen LogP contribution in [0.3, 0.4) is 0 Å². The lowest BCUT2D eigenvalue weighted by Crippen LogP contribution is -2.36. The van der Waals surface area contributed by atoms with E-state index in [4.69, 9.17) is 41.9 Å². The Morgan fingerprint density at radius 2 is 1.62 bits per heavy atom. The minimum absolute atomic E-state index is 0.0210. The van der Waals surface area contributed by atoms with Gasteiger partial charge < -0.3 is 36.1 Å². The molecular weight excluding hydrogens is 500 g/mol. The van der Waals surface area contributed by atoms with Gasteiger partial charge in [0, 0.05) is 17.5 Å². The summed E-state index contributed by atoms with van der Waals surface area (Å²) in [5.74, 6) is 1.34. The summed E-state index contributed by atoms with van der Waals surface area (Å²) in [6, 6.07) is 9.61. The van der Waals surface area contributed by atoms with Crippen molar-refractivity contribution in [3.05, 3.63) is 52.9 Å². The van der Waals surface area contributed by atoms with Gasteiger partial charge in [0.2, 0.25) is 5.91 Å². The SMILES string of the molecule is COc1cc(OC)c(/C=C/S(=O)(=O)Cc2cccc(OCN)c2)c(OC)c1.NCCCC[C@H](N)C(N)=O. The molecule has 37 heavy (non-hydrogen) atoms. The maximum Gasteiger partial charge on any atom is 0.234 e. The summed E-state index contributed by atoms with van der Waals surface area (Å²) in [7, 11) is 0.963. The van der Waals surface area contributed by atoms with E-state index in [9.17, 15) is 13.2 Å². The maximum absolute atomic E-state index is 12.5. The predicted octanol–water partition coefficient (Wildman–Crippen LogP) is 1.52. The van der Waals surface area contributed by atoms with E-state index in [1.54, 1.807) is 36.4 Å². The van der Waals surface area contributed by atoms with Gasteiger partial charge in [0.15, 0.2) is 9.84 Å². The number of ether oxygens (including phenoxy) is 4. The van der Waals surface area contributed by atoms with Crippen LogP contribution in [0.1, 0.15) is 30.4 Å². The Kier molecular flexibility index (Phi) is 14.1. The molecule has 8 N–H and O–H groups in total. The average Bonchev–Trinajstić information content (AvgIpc) is 2.87. The molecule has 2 aromatic carbocycles. The first-order chi connectivity index (χ1) is 17.6. The van der Waals surface area contributed by atoms with Crippen molar-refractivity contribution in [3.63, 3.8) is 0 Å². The first-order valence-corrected chi connectivity index (χ1v) is 13.2. The molecule has 2 rings (SSSR count). The third-order valence-electron chi connectivity index (χ3n) is 5.05. The molecule has 0 aliphatic rings. The number of hydrogen-bond donors (Lipinski definition) is 4. The number of methoxy groups -OCH3 is 3. The highest BCUT2D eigenvalue weighted by Gasteiger charge is 2.14. The van der Waals surface area contributed by atoms with Crippen molar-refractivity contribution >= 4 is 21.8 Å². The summed E-state index contributed by atoms with van der Waals surface area (Å²) in [5, 5.41) is 1.14. The Morgan fingerprint density at radius 3 is 2.14 bits per heavy atom. The van der Waals surface area contributed by atoms with Gasteiger partial charge in [-0.3, -0.25) is 10.5 Å². The minimum atomic E-state index is -3.54. The molecule has 0 unspecified atom stereocenters. The number of nitrogens with two attached hydrogens (primary N) is 4. The number of sulfone groups is 1. The van der Waals surface area contributed by atoms with E-state index >= 15 is 0 Å². The second-order valence-corrected chi connectivity index (χ2v) is 9.69. The molecule has 0 spiro atoms. The lowest BCUT2D eigenvalue weighted by molar-refractivity contribution is -0.119. The molecular formula is C25H38N4O7S. The Labute approximate surface area is 218 Å². The molecule has 12 heteroatoms. The van der Waals surface area contributed by atoms with E-state index < -0.39 is 21.8 Å². The first-order valence-electron chi connectivity index (χ1n) is 11.5. The van der Waals surface area contributed by atoms with Crippen molar-refractivity contribution in [2.75, 3.05) is 34.6 Å². The van der Waals surface area contributed by atoms with Crippen LogP contribution in [0.15, 0.2) is 41.8 Å². The van der Waals surface area contributed by atoms with E-state index in [2.05, 4.69) is 0 Å². The van der Waals surface area contributed by atoms with Crippen LogP contribution >= 0.6 is 0 Å². The topological polar surface area (TPSA) is 192 Å². The van der Waals surface area contributed by atoms with Gasteiger partial charge in [-0.05, 0) is 43.2 Å². The molecule has 0 saturated carbocycles. The number of primary amides is 1. The van der Waals surface area contributed by atoms with Gasteiger partial charge >= 0.3 is 0 Å². The second-order valence-electron chi connectivity index (χ2n) is 7.81. The summed E-state index contributed by atoms with van der Waals surface area (Å²) >= 11 is 0. The van der Waals surface area contributed by atoms with Crippen molar-refractivity contribution in [3.8, 4) is 23.0 Å². The number of unbranched alkanes of at least 4 members (excludes halogenated alkanes) is 1. The summed E-state index contributed by atoms with van der Waals surface area (Å²) in [6.45, 7) is 0.665. The Bertz CT molecular complexity index is 1100. The largest absolute Gasteiger partial charge is 0.496 e. The van der Waals surface area contributed by atoms with Crippen LogP contribution in [0, 0.1) is 0 Å². The van der Waals surface area contributed by atoms with E-state index in [0.29, 0.717) is 47.1 Å². The van der Waals surface area contributed by atoms with Gasteiger partial charge in [-0.1, -0.05) is 18.6 Å². The van der Waals surface area contributed by atoms with Crippen molar-refractivity contribution in [1.29, 1.82) is 0 Å². The molecule has 0 radical (unpaired) electrons. The smallest absolute Gasteiger partial charge is 0.234 e. The third kappa shape index (κ3) is 11.5. The van der Waals surface area contributed by atoms with E-state index in [1.807, 2.05) is 0 Å².